The van der Waals surface area contributed by atoms with Gasteiger partial charge >= 0.3 is 0 Å². The topological polar surface area (TPSA) is 46.2 Å². The van der Waals surface area contributed by atoms with Gasteiger partial charge in [-0.1, -0.05) is 0 Å². The lowest BCUT2D eigenvalue weighted by molar-refractivity contribution is -0.223. The Morgan fingerprint density at radius 3 is 2.00 bits per heavy atom. The largest absolute Gasteiger partial charge is 0.344 e. The normalized spacial score (nSPS) is 51.0. The summed E-state index contributed by atoms with van der Waals surface area (Å²) in [5.41, 5.74) is 0. The van der Waals surface area contributed by atoms with E-state index in [2.05, 4.69) is 6.92 Å². The molecule has 0 saturated carbocycles. The van der Waals surface area contributed by atoms with Gasteiger partial charge in [0.05, 0.1) is 6.10 Å². The lowest BCUT2D eigenvalue weighted by atomic mass is 10.0. The lowest BCUT2D eigenvalue weighted by Crippen LogP contribution is -2.54. The monoisotopic (exact) mass is 243 g/mol. The van der Waals surface area contributed by atoms with Crippen LogP contribution < -0.4 is 0 Å². The second-order valence-corrected chi connectivity index (χ2v) is 5.71. The second kappa shape index (κ2) is 3.42. The molecule has 0 N–H and O–H groups in total. The first-order valence-electron chi connectivity index (χ1n) is 5.97. The molecule has 1 radical (unpaired) electrons. The fourth-order valence-corrected chi connectivity index (χ4v) is 2.69. The van der Waals surface area contributed by atoms with Crippen molar-refractivity contribution in [3.05, 3.63) is 6.92 Å². The summed E-state index contributed by atoms with van der Waals surface area (Å²) < 4.78 is 28.9. The van der Waals surface area contributed by atoms with Gasteiger partial charge in [-0.3, -0.25) is 0 Å². The third kappa shape index (κ3) is 1.90. The van der Waals surface area contributed by atoms with Crippen LogP contribution in [-0.2, 0) is 23.7 Å². The Balaban J connectivity index is 1.86. The summed E-state index contributed by atoms with van der Waals surface area (Å²) in [4.78, 5) is 0. The zero-order valence-corrected chi connectivity index (χ0v) is 10.6. The molecular formula is C12H19O5. The van der Waals surface area contributed by atoms with Crippen LogP contribution in [0.3, 0.4) is 0 Å². The highest BCUT2D eigenvalue weighted by atomic mass is 16.9. The van der Waals surface area contributed by atoms with Crippen LogP contribution in [0, 0.1) is 6.92 Å². The number of hydrogen-bond donors (Lipinski definition) is 0. The van der Waals surface area contributed by atoms with E-state index >= 15 is 0 Å². The van der Waals surface area contributed by atoms with Crippen LogP contribution in [0.25, 0.3) is 0 Å². The van der Waals surface area contributed by atoms with Crippen LogP contribution >= 0.6 is 0 Å². The average Bonchev–Trinajstić information content (AvgIpc) is 2.62. The number of ether oxygens (including phenoxy) is 5. The van der Waals surface area contributed by atoms with Gasteiger partial charge in [-0.15, -0.1) is 0 Å². The second-order valence-electron chi connectivity index (χ2n) is 5.71. The average molecular weight is 243 g/mol. The van der Waals surface area contributed by atoms with Crippen molar-refractivity contribution >= 4 is 0 Å². The molecule has 0 bridgehead atoms. The molecule has 0 aromatic carbocycles. The van der Waals surface area contributed by atoms with Crippen molar-refractivity contribution in [3.8, 4) is 0 Å². The molecule has 3 aliphatic heterocycles. The van der Waals surface area contributed by atoms with Crippen LogP contribution in [0.4, 0.5) is 0 Å². The van der Waals surface area contributed by atoms with E-state index in [1.165, 1.54) is 0 Å². The smallest absolute Gasteiger partial charge is 0.190 e. The number of rotatable bonds is 0. The zero-order chi connectivity index (χ0) is 12.4. The molecule has 0 aromatic rings. The standard InChI is InChI=1S/C12H19O5/c1-6-7-8(15-11(2,3)14-7)9-10(13-6)17-12(4,5)16-9/h6-10H,1H2,2-5H3/t6-,7+,8+,9-,10-/m1/s1. The summed E-state index contributed by atoms with van der Waals surface area (Å²) in [7, 11) is 0. The van der Waals surface area contributed by atoms with E-state index in [1.807, 2.05) is 27.7 Å². The molecule has 17 heavy (non-hydrogen) atoms. The molecule has 0 aromatic heterocycles. The molecule has 3 rings (SSSR count). The van der Waals surface area contributed by atoms with Gasteiger partial charge in [0, 0.05) is 0 Å². The van der Waals surface area contributed by atoms with Crippen LogP contribution in [0.1, 0.15) is 27.7 Å². The Kier molecular flexibility index (Phi) is 2.39. The SMILES string of the molecule is [CH2][C@H]1O[C@@H]2OC(C)(C)O[C@@H]2[C@H]2OC(C)(C)O[C@H]21. The van der Waals surface area contributed by atoms with Gasteiger partial charge in [0.2, 0.25) is 0 Å². The molecule has 5 nitrogen and oxygen atoms in total. The molecule has 0 spiro atoms. The van der Waals surface area contributed by atoms with Crippen LogP contribution in [-0.4, -0.2) is 42.3 Å². The molecular weight excluding hydrogens is 224 g/mol. The molecule has 0 amide bonds. The van der Waals surface area contributed by atoms with Gasteiger partial charge < -0.3 is 23.7 Å². The maximum atomic E-state index is 5.88. The summed E-state index contributed by atoms with van der Waals surface area (Å²) in [5.74, 6) is -1.28. The Bertz CT molecular complexity index is 327. The van der Waals surface area contributed by atoms with Gasteiger partial charge in [0.25, 0.3) is 0 Å². The Hall–Kier alpha value is -0.200. The van der Waals surface area contributed by atoms with Gasteiger partial charge in [-0.25, -0.2) is 0 Å². The molecule has 3 saturated heterocycles. The molecule has 3 fully saturated rings. The third-order valence-electron chi connectivity index (χ3n) is 3.25. The molecule has 0 unspecified atom stereocenters. The van der Waals surface area contributed by atoms with Crippen LogP contribution in [0.2, 0.25) is 0 Å². The van der Waals surface area contributed by atoms with Crippen LogP contribution in [0.15, 0.2) is 0 Å². The van der Waals surface area contributed by atoms with E-state index in [-0.39, 0.29) is 24.4 Å². The molecule has 5 heteroatoms. The maximum Gasteiger partial charge on any atom is 0.190 e. The van der Waals surface area contributed by atoms with E-state index in [1.54, 1.807) is 0 Å². The minimum Gasteiger partial charge on any atom is -0.344 e. The van der Waals surface area contributed by atoms with Gasteiger partial charge in [0.1, 0.15) is 18.3 Å². The van der Waals surface area contributed by atoms with Crippen molar-refractivity contribution in [2.45, 2.75) is 70.0 Å². The highest BCUT2D eigenvalue weighted by molar-refractivity contribution is 5.00. The van der Waals surface area contributed by atoms with E-state index in [0.29, 0.717) is 0 Å². The van der Waals surface area contributed by atoms with E-state index in [0.717, 1.165) is 0 Å². The summed E-state index contributed by atoms with van der Waals surface area (Å²) >= 11 is 0. The number of fused-ring (bicyclic) bond motifs is 3. The summed E-state index contributed by atoms with van der Waals surface area (Å²) in [6.07, 6.45) is -1.38. The fraction of sp³-hybridized carbons (Fsp3) is 0.917. The van der Waals surface area contributed by atoms with Crippen molar-refractivity contribution in [1.82, 2.24) is 0 Å². The minimum absolute atomic E-state index is 0.187. The molecule has 5 atom stereocenters. The van der Waals surface area contributed by atoms with Gasteiger partial charge in [0.15, 0.2) is 17.9 Å². The summed E-state index contributed by atoms with van der Waals surface area (Å²) in [5, 5.41) is 0. The highest BCUT2D eigenvalue weighted by Crippen LogP contribution is 2.43. The fourth-order valence-electron chi connectivity index (χ4n) is 2.69. The Morgan fingerprint density at radius 2 is 1.29 bits per heavy atom. The molecule has 3 aliphatic rings. The van der Waals surface area contributed by atoms with E-state index in [9.17, 15) is 0 Å². The van der Waals surface area contributed by atoms with Gasteiger partial charge in [-0.2, -0.15) is 0 Å². The lowest BCUT2D eigenvalue weighted by Gasteiger charge is -2.35. The Morgan fingerprint density at radius 1 is 0.765 bits per heavy atom. The minimum atomic E-state index is -0.653. The number of hydrogen-bond acceptors (Lipinski definition) is 5. The molecule has 0 aliphatic carbocycles. The first kappa shape index (κ1) is 11.9. The van der Waals surface area contributed by atoms with Gasteiger partial charge in [-0.05, 0) is 34.6 Å². The summed E-state index contributed by atoms with van der Waals surface area (Å²) in [6.45, 7) is 11.4. The van der Waals surface area contributed by atoms with Crippen LogP contribution in [0.5, 0.6) is 0 Å². The quantitative estimate of drug-likeness (QED) is 0.640. The predicted molar refractivity (Wildman–Crippen MR) is 57.9 cm³/mol. The molecule has 97 valence electrons. The third-order valence-corrected chi connectivity index (χ3v) is 3.25. The Labute approximate surface area is 101 Å². The first-order chi connectivity index (χ1) is 7.77. The molecule has 3 heterocycles. The van der Waals surface area contributed by atoms with E-state index < -0.39 is 17.9 Å². The van der Waals surface area contributed by atoms with Crippen molar-refractivity contribution < 1.29 is 23.7 Å². The highest BCUT2D eigenvalue weighted by Gasteiger charge is 2.59. The maximum absolute atomic E-state index is 5.88. The van der Waals surface area contributed by atoms with E-state index in [4.69, 9.17) is 23.7 Å². The van der Waals surface area contributed by atoms with Crippen molar-refractivity contribution in [2.24, 2.45) is 0 Å². The van der Waals surface area contributed by atoms with Crippen molar-refractivity contribution in [1.29, 1.82) is 0 Å². The predicted octanol–water partition coefficient (Wildman–Crippen LogP) is 1.22. The summed E-state index contributed by atoms with van der Waals surface area (Å²) in [6, 6.07) is 0. The van der Waals surface area contributed by atoms with Crippen molar-refractivity contribution in [3.63, 3.8) is 0 Å². The zero-order valence-electron chi connectivity index (χ0n) is 10.6. The van der Waals surface area contributed by atoms with Crippen molar-refractivity contribution in [2.75, 3.05) is 0 Å². The first-order valence-corrected chi connectivity index (χ1v) is 5.97.